The molecule has 5 heterocycles. The first-order valence-corrected chi connectivity index (χ1v) is 14.8. The molecule has 0 saturated carbocycles. The molecule has 0 amide bonds. The standard InChI is InChI=1S/C33H30N10O2/c1-18-10-11-19(2)42(18)43-27(38-25-9-5-6-21(28(25)33(43)45)20-14-37-40(3)15-20)16-41-32-29(31(34)35-17-36-32)30(39-41)24-12-13-26(44)23-8-4-7-22(23)24/h5-6,9-15,17,44H,4,7-8,16H2,1-3H3,(H2,34,35,36). The summed E-state index contributed by atoms with van der Waals surface area (Å²) in [5.74, 6) is 1.08. The number of aromatic hydroxyl groups is 1. The van der Waals surface area contributed by atoms with Crippen LogP contribution in [0.1, 0.15) is 34.8 Å². The molecule has 5 aromatic heterocycles. The maximum absolute atomic E-state index is 14.6. The van der Waals surface area contributed by atoms with E-state index in [2.05, 4.69) is 15.1 Å². The molecular weight excluding hydrogens is 568 g/mol. The third kappa shape index (κ3) is 4.05. The lowest BCUT2D eigenvalue weighted by Crippen LogP contribution is -2.33. The quantitative estimate of drug-likeness (QED) is 0.300. The van der Waals surface area contributed by atoms with E-state index in [0.717, 1.165) is 58.5 Å². The van der Waals surface area contributed by atoms with Crippen molar-refractivity contribution in [2.45, 2.75) is 39.7 Å². The Balaban J connectivity index is 1.38. The van der Waals surface area contributed by atoms with E-state index in [4.69, 9.17) is 15.8 Å². The molecule has 3 N–H and O–H groups in total. The van der Waals surface area contributed by atoms with E-state index in [1.165, 1.54) is 6.33 Å². The molecule has 224 valence electrons. The molecule has 0 bridgehead atoms. The minimum absolute atomic E-state index is 0.132. The van der Waals surface area contributed by atoms with Crippen molar-refractivity contribution in [3.05, 3.63) is 99.9 Å². The van der Waals surface area contributed by atoms with Crippen molar-refractivity contribution in [1.29, 1.82) is 0 Å². The van der Waals surface area contributed by atoms with E-state index in [0.29, 0.717) is 45.0 Å². The summed E-state index contributed by atoms with van der Waals surface area (Å²) in [5.41, 5.74) is 14.2. The third-order valence-electron chi connectivity index (χ3n) is 8.76. The van der Waals surface area contributed by atoms with E-state index >= 15 is 0 Å². The zero-order chi connectivity index (χ0) is 31.0. The van der Waals surface area contributed by atoms with Gasteiger partial charge in [-0.25, -0.2) is 19.6 Å². The maximum atomic E-state index is 14.6. The number of aryl methyl sites for hydroxylation is 3. The Labute approximate surface area is 257 Å². The molecule has 0 fully saturated rings. The Hall–Kier alpha value is -5.78. The van der Waals surface area contributed by atoms with Crippen LogP contribution in [-0.2, 0) is 26.4 Å². The minimum Gasteiger partial charge on any atom is -0.508 e. The van der Waals surface area contributed by atoms with Crippen molar-refractivity contribution in [2.75, 3.05) is 5.73 Å². The molecule has 0 saturated heterocycles. The van der Waals surface area contributed by atoms with Crippen LogP contribution in [0, 0.1) is 13.8 Å². The topological polar surface area (TPSA) is 147 Å². The second-order valence-electron chi connectivity index (χ2n) is 11.6. The number of hydrogen-bond acceptors (Lipinski definition) is 8. The average molecular weight is 599 g/mol. The van der Waals surface area contributed by atoms with Gasteiger partial charge in [-0.1, -0.05) is 12.1 Å². The lowest BCUT2D eigenvalue weighted by atomic mass is 9.98. The molecule has 0 spiro atoms. The van der Waals surface area contributed by atoms with Gasteiger partial charge in [0.15, 0.2) is 11.5 Å². The van der Waals surface area contributed by atoms with Gasteiger partial charge in [-0.05, 0) is 80.1 Å². The van der Waals surface area contributed by atoms with Gasteiger partial charge in [0.1, 0.15) is 30.1 Å². The number of phenolic OH excluding ortho intramolecular Hbond substituents is 1. The smallest absolute Gasteiger partial charge is 0.281 e. The molecule has 1 aliphatic rings. The van der Waals surface area contributed by atoms with Crippen molar-refractivity contribution < 1.29 is 5.11 Å². The van der Waals surface area contributed by atoms with E-state index in [9.17, 15) is 9.90 Å². The van der Waals surface area contributed by atoms with E-state index in [1.54, 1.807) is 26.3 Å². The molecular formula is C33H30N10O2. The van der Waals surface area contributed by atoms with Crippen molar-refractivity contribution in [2.24, 2.45) is 7.05 Å². The summed E-state index contributed by atoms with van der Waals surface area (Å²) in [4.78, 5) is 28.6. The highest BCUT2D eigenvalue weighted by Crippen LogP contribution is 2.40. The number of rotatable bonds is 5. The maximum Gasteiger partial charge on any atom is 0.281 e. The van der Waals surface area contributed by atoms with E-state index in [-0.39, 0.29) is 12.1 Å². The lowest BCUT2D eigenvalue weighted by Gasteiger charge is -2.19. The molecule has 8 rings (SSSR count). The van der Waals surface area contributed by atoms with Crippen molar-refractivity contribution >= 4 is 27.8 Å². The molecule has 12 nitrogen and oxygen atoms in total. The Morgan fingerprint density at radius 3 is 2.51 bits per heavy atom. The largest absolute Gasteiger partial charge is 0.508 e. The number of phenols is 1. The van der Waals surface area contributed by atoms with E-state index in [1.807, 2.05) is 68.2 Å². The second-order valence-corrected chi connectivity index (χ2v) is 11.6. The summed E-state index contributed by atoms with van der Waals surface area (Å²) in [6.07, 6.45) is 7.65. The Morgan fingerprint density at radius 2 is 1.73 bits per heavy atom. The van der Waals surface area contributed by atoms with Crippen LogP contribution in [0.5, 0.6) is 5.75 Å². The predicted molar refractivity (Wildman–Crippen MR) is 171 cm³/mol. The number of benzene rings is 2. The summed E-state index contributed by atoms with van der Waals surface area (Å²) < 4.78 is 6.96. The van der Waals surface area contributed by atoms with Gasteiger partial charge in [-0.3, -0.25) is 14.2 Å². The molecule has 12 heteroatoms. The first kappa shape index (κ1) is 26.8. The molecule has 0 aliphatic heterocycles. The van der Waals surface area contributed by atoms with Crippen molar-refractivity contribution in [1.82, 2.24) is 43.9 Å². The summed E-state index contributed by atoms with van der Waals surface area (Å²) in [6, 6.07) is 13.2. The SMILES string of the molecule is Cc1ccc(C)n1-n1c(Cn2nc(-c3ccc(O)c4c3CCC4)c3c(N)ncnc32)nc2cccc(-c3cnn(C)c3)c2c1=O. The van der Waals surface area contributed by atoms with Gasteiger partial charge in [-0.15, -0.1) is 0 Å². The van der Waals surface area contributed by atoms with Gasteiger partial charge in [-0.2, -0.15) is 14.9 Å². The van der Waals surface area contributed by atoms with Crippen LogP contribution < -0.4 is 11.3 Å². The summed E-state index contributed by atoms with van der Waals surface area (Å²) >= 11 is 0. The van der Waals surface area contributed by atoms with Gasteiger partial charge >= 0.3 is 0 Å². The molecule has 0 unspecified atom stereocenters. The summed E-state index contributed by atoms with van der Waals surface area (Å²) in [5, 5.41) is 21.0. The number of nitrogens with two attached hydrogens (primary N) is 1. The zero-order valence-electron chi connectivity index (χ0n) is 25.1. The summed E-state index contributed by atoms with van der Waals surface area (Å²) in [6.45, 7) is 4.05. The number of aromatic nitrogens is 9. The Morgan fingerprint density at radius 1 is 0.933 bits per heavy atom. The number of fused-ring (bicyclic) bond motifs is 3. The molecule has 1 aliphatic carbocycles. The highest BCUT2D eigenvalue weighted by molar-refractivity contribution is 5.99. The van der Waals surface area contributed by atoms with Crippen LogP contribution in [0.15, 0.2) is 66.0 Å². The number of hydrogen-bond donors (Lipinski definition) is 2. The van der Waals surface area contributed by atoms with Crippen LogP contribution >= 0.6 is 0 Å². The van der Waals surface area contributed by atoms with Gasteiger partial charge in [0, 0.05) is 35.8 Å². The molecule has 45 heavy (non-hydrogen) atoms. The number of anilines is 1. The van der Waals surface area contributed by atoms with Crippen molar-refractivity contribution in [3.8, 4) is 28.1 Å². The lowest BCUT2D eigenvalue weighted by molar-refractivity contribution is 0.469. The first-order valence-electron chi connectivity index (χ1n) is 14.8. The number of nitrogen functional groups attached to an aromatic ring is 1. The monoisotopic (exact) mass is 598 g/mol. The minimum atomic E-state index is -0.209. The van der Waals surface area contributed by atoms with Crippen molar-refractivity contribution in [3.63, 3.8) is 0 Å². The van der Waals surface area contributed by atoms with Gasteiger partial charge < -0.3 is 10.8 Å². The molecule has 0 atom stereocenters. The zero-order valence-corrected chi connectivity index (χ0v) is 25.1. The molecule has 0 radical (unpaired) electrons. The van der Waals surface area contributed by atoms with Gasteiger partial charge in [0.25, 0.3) is 5.56 Å². The first-order chi connectivity index (χ1) is 21.8. The molecule has 7 aromatic rings. The second kappa shape index (κ2) is 9.88. The van der Waals surface area contributed by atoms with Crippen LogP contribution in [0.3, 0.4) is 0 Å². The van der Waals surface area contributed by atoms with Crippen LogP contribution in [-0.4, -0.2) is 49.0 Å². The van der Waals surface area contributed by atoms with Crippen LogP contribution in [0.4, 0.5) is 5.82 Å². The average Bonchev–Trinajstić information content (AvgIpc) is 3.82. The van der Waals surface area contributed by atoms with Crippen LogP contribution in [0.25, 0.3) is 44.3 Å². The highest BCUT2D eigenvalue weighted by atomic mass is 16.3. The third-order valence-corrected chi connectivity index (χ3v) is 8.76. The normalized spacial score (nSPS) is 12.9. The highest BCUT2D eigenvalue weighted by Gasteiger charge is 2.26. The molecule has 2 aromatic carbocycles. The fourth-order valence-corrected chi connectivity index (χ4v) is 6.73. The number of nitrogens with zero attached hydrogens (tertiary/aromatic N) is 9. The summed E-state index contributed by atoms with van der Waals surface area (Å²) in [7, 11) is 1.85. The van der Waals surface area contributed by atoms with Gasteiger partial charge in [0.2, 0.25) is 0 Å². The Kier molecular flexibility index (Phi) is 5.89. The fourth-order valence-electron chi connectivity index (χ4n) is 6.73. The predicted octanol–water partition coefficient (Wildman–Crippen LogP) is 4.16. The van der Waals surface area contributed by atoms with Crippen LogP contribution in [0.2, 0.25) is 0 Å². The fraction of sp³-hybridized carbons (Fsp3) is 0.212. The van der Waals surface area contributed by atoms with E-state index < -0.39 is 0 Å². The van der Waals surface area contributed by atoms with Gasteiger partial charge in [0.05, 0.1) is 22.5 Å². The Bertz CT molecular complexity index is 2360.